The van der Waals surface area contributed by atoms with Crippen molar-refractivity contribution in [2.24, 2.45) is 0 Å². The Balaban J connectivity index is 1.60. The Labute approximate surface area is 163 Å². The average molecular weight is 381 g/mol. The first kappa shape index (κ1) is 17.9. The number of aromatic nitrogens is 2. The summed E-state index contributed by atoms with van der Waals surface area (Å²) in [5.74, 6) is 0.547. The summed E-state index contributed by atoms with van der Waals surface area (Å²) in [6.45, 7) is 5.15. The number of hydrogen-bond donors (Lipinski definition) is 2. The van der Waals surface area contributed by atoms with Crippen molar-refractivity contribution in [1.29, 1.82) is 0 Å². The Morgan fingerprint density at radius 1 is 1.04 bits per heavy atom. The fourth-order valence-corrected chi connectivity index (χ4v) is 3.53. The highest BCUT2D eigenvalue weighted by Gasteiger charge is 2.11. The Hall–Kier alpha value is -2.47. The van der Waals surface area contributed by atoms with E-state index in [0.717, 1.165) is 43.9 Å². The van der Waals surface area contributed by atoms with E-state index in [-0.39, 0.29) is 5.56 Å². The van der Waals surface area contributed by atoms with Gasteiger partial charge in [0.05, 0.1) is 5.69 Å². The topological polar surface area (TPSA) is 61.0 Å². The monoisotopic (exact) mass is 380 g/mol. The van der Waals surface area contributed by atoms with Crippen molar-refractivity contribution in [2.45, 2.75) is 6.54 Å². The van der Waals surface area contributed by atoms with Crippen LogP contribution in [-0.4, -0.2) is 41.0 Å². The molecule has 0 spiro atoms. The third-order valence-electron chi connectivity index (χ3n) is 4.73. The predicted molar refractivity (Wildman–Crippen MR) is 109 cm³/mol. The number of halogens is 1. The fourth-order valence-electron chi connectivity index (χ4n) is 3.30. The van der Waals surface area contributed by atoms with Crippen LogP contribution in [0.4, 0.5) is 0 Å². The largest absolute Gasteiger partial charge is 0.314 e. The zero-order valence-corrected chi connectivity index (χ0v) is 15.7. The van der Waals surface area contributed by atoms with Crippen LogP contribution >= 0.6 is 11.6 Å². The molecule has 2 heterocycles. The van der Waals surface area contributed by atoms with Crippen molar-refractivity contribution in [1.82, 2.24) is 20.2 Å². The number of H-pyrrole nitrogens is 1. The number of benzene rings is 2. The molecule has 5 nitrogen and oxygen atoms in total. The Morgan fingerprint density at radius 2 is 1.78 bits per heavy atom. The van der Waals surface area contributed by atoms with Gasteiger partial charge in [-0.1, -0.05) is 54.1 Å². The van der Waals surface area contributed by atoms with E-state index >= 15 is 0 Å². The molecule has 138 valence electrons. The Morgan fingerprint density at radius 3 is 2.52 bits per heavy atom. The molecule has 1 aliphatic heterocycles. The van der Waals surface area contributed by atoms with E-state index in [1.807, 2.05) is 30.3 Å². The summed E-state index contributed by atoms with van der Waals surface area (Å²) < 4.78 is 0. The van der Waals surface area contributed by atoms with Gasteiger partial charge in [0.1, 0.15) is 5.82 Å². The fraction of sp³-hybridized carbons (Fsp3) is 0.238. The van der Waals surface area contributed by atoms with Gasteiger partial charge < -0.3 is 10.3 Å². The third-order valence-corrected chi connectivity index (χ3v) is 5.06. The van der Waals surface area contributed by atoms with Gasteiger partial charge in [0.2, 0.25) is 0 Å². The molecule has 4 rings (SSSR count). The number of piperazine rings is 1. The van der Waals surface area contributed by atoms with Gasteiger partial charge in [0.15, 0.2) is 0 Å². The molecule has 0 aliphatic carbocycles. The lowest BCUT2D eigenvalue weighted by Crippen LogP contribution is -2.42. The Bertz CT molecular complexity index is 978. The van der Waals surface area contributed by atoms with Gasteiger partial charge in [0.25, 0.3) is 5.56 Å². The average Bonchev–Trinajstić information content (AvgIpc) is 2.69. The van der Waals surface area contributed by atoms with Gasteiger partial charge in [-0.25, -0.2) is 4.98 Å². The van der Waals surface area contributed by atoms with Gasteiger partial charge >= 0.3 is 0 Å². The molecule has 0 amide bonds. The van der Waals surface area contributed by atoms with Crippen LogP contribution in [0.1, 0.15) is 5.56 Å². The minimum atomic E-state index is -0.195. The quantitative estimate of drug-likeness (QED) is 0.729. The summed E-state index contributed by atoms with van der Waals surface area (Å²) >= 11 is 6.26. The highest BCUT2D eigenvalue weighted by Crippen LogP contribution is 2.26. The number of nitrogens with one attached hydrogen (secondary N) is 2. The third kappa shape index (κ3) is 4.27. The highest BCUT2D eigenvalue weighted by atomic mass is 35.5. The number of rotatable bonds is 4. The van der Waals surface area contributed by atoms with Gasteiger partial charge in [-0.3, -0.25) is 9.69 Å². The summed E-state index contributed by atoms with van der Waals surface area (Å²) in [4.78, 5) is 22.0. The van der Waals surface area contributed by atoms with Crippen molar-refractivity contribution in [3.63, 3.8) is 0 Å². The maximum absolute atomic E-state index is 12.1. The van der Waals surface area contributed by atoms with Gasteiger partial charge in [-0.05, 0) is 11.6 Å². The Kier molecular flexibility index (Phi) is 5.34. The lowest BCUT2D eigenvalue weighted by Gasteiger charge is -2.27. The molecule has 3 aromatic rings. The molecule has 6 heteroatoms. The lowest BCUT2D eigenvalue weighted by atomic mass is 10.1. The van der Waals surface area contributed by atoms with E-state index in [4.69, 9.17) is 11.6 Å². The molecule has 1 saturated heterocycles. The van der Waals surface area contributed by atoms with Gasteiger partial charge in [0, 0.05) is 54.9 Å². The summed E-state index contributed by atoms with van der Waals surface area (Å²) in [5.41, 5.74) is 3.27. The SMILES string of the molecule is O=c1cc(-c2ccccc2Cl)nc(-c2ccc(CN3CCNCC3)cc2)[nH]1. The molecule has 0 saturated carbocycles. The predicted octanol–water partition coefficient (Wildman–Crippen LogP) is 3.16. The van der Waals surface area contributed by atoms with E-state index in [0.29, 0.717) is 16.5 Å². The summed E-state index contributed by atoms with van der Waals surface area (Å²) in [6.07, 6.45) is 0. The second-order valence-corrected chi connectivity index (χ2v) is 7.09. The van der Waals surface area contributed by atoms with Crippen LogP contribution in [0.2, 0.25) is 5.02 Å². The van der Waals surface area contributed by atoms with Crippen molar-refractivity contribution < 1.29 is 0 Å². The molecule has 27 heavy (non-hydrogen) atoms. The number of aromatic amines is 1. The first-order valence-corrected chi connectivity index (χ1v) is 9.45. The van der Waals surface area contributed by atoms with E-state index in [1.54, 1.807) is 6.07 Å². The van der Waals surface area contributed by atoms with Crippen LogP contribution in [0, 0.1) is 0 Å². The molecule has 1 aliphatic rings. The van der Waals surface area contributed by atoms with Gasteiger partial charge in [-0.15, -0.1) is 0 Å². The molecule has 2 N–H and O–H groups in total. The van der Waals surface area contributed by atoms with Crippen molar-refractivity contribution in [3.05, 3.63) is 75.5 Å². The maximum Gasteiger partial charge on any atom is 0.251 e. The van der Waals surface area contributed by atoms with Crippen molar-refractivity contribution in [3.8, 4) is 22.6 Å². The minimum Gasteiger partial charge on any atom is -0.314 e. The van der Waals surface area contributed by atoms with E-state index < -0.39 is 0 Å². The van der Waals surface area contributed by atoms with Crippen molar-refractivity contribution >= 4 is 11.6 Å². The second-order valence-electron chi connectivity index (χ2n) is 6.68. The van der Waals surface area contributed by atoms with Crippen LogP contribution in [0.5, 0.6) is 0 Å². The lowest BCUT2D eigenvalue weighted by molar-refractivity contribution is 0.233. The maximum atomic E-state index is 12.1. The van der Waals surface area contributed by atoms with Crippen LogP contribution in [0.3, 0.4) is 0 Å². The van der Waals surface area contributed by atoms with Crippen LogP contribution in [0.25, 0.3) is 22.6 Å². The summed E-state index contributed by atoms with van der Waals surface area (Å²) in [5, 5.41) is 3.94. The minimum absolute atomic E-state index is 0.195. The number of nitrogens with zero attached hydrogens (tertiary/aromatic N) is 2. The van der Waals surface area contributed by atoms with Crippen molar-refractivity contribution in [2.75, 3.05) is 26.2 Å². The molecule has 0 unspecified atom stereocenters. The molecule has 0 atom stereocenters. The molecular formula is C21H21ClN4O. The van der Waals surface area contributed by atoms with E-state index in [1.165, 1.54) is 11.6 Å². The van der Waals surface area contributed by atoms with Gasteiger partial charge in [-0.2, -0.15) is 0 Å². The van der Waals surface area contributed by atoms with E-state index in [9.17, 15) is 4.79 Å². The molecular weight excluding hydrogens is 360 g/mol. The first-order valence-electron chi connectivity index (χ1n) is 9.08. The molecule has 2 aromatic carbocycles. The number of hydrogen-bond acceptors (Lipinski definition) is 4. The molecule has 0 bridgehead atoms. The van der Waals surface area contributed by atoms with Crippen LogP contribution in [-0.2, 0) is 6.54 Å². The second kappa shape index (κ2) is 8.05. The summed E-state index contributed by atoms with van der Waals surface area (Å²) in [6, 6.07) is 17.1. The smallest absolute Gasteiger partial charge is 0.251 e. The summed E-state index contributed by atoms with van der Waals surface area (Å²) in [7, 11) is 0. The first-order chi connectivity index (χ1) is 13.2. The van der Waals surface area contributed by atoms with Crippen LogP contribution < -0.4 is 10.9 Å². The molecule has 1 fully saturated rings. The van der Waals surface area contributed by atoms with Crippen LogP contribution in [0.15, 0.2) is 59.4 Å². The molecule has 1 aromatic heterocycles. The zero-order chi connectivity index (χ0) is 18.6. The standard InChI is InChI=1S/C21H21ClN4O/c22-18-4-2-1-3-17(18)19-13-20(27)25-21(24-19)16-7-5-15(6-8-16)14-26-11-9-23-10-12-26/h1-8,13,23H,9-12,14H2,(H,24,25,27). The molecule has 0 radical (unpaired) electrons. The van der Waals surface area contributed by atoms with E-state index in [2.05, 4.69) is 32.3 Å². The normalized spacial score (nSPS) is 15.0. The highest BCUT2D eigenvalue weighted by molar-refractivity contribution is 6.33. The zero-order valence-electron chi connectivity index (χ0n) is 14.9.